The van der Waals surface area contributed by atoms with Gasteiger partial charge in [0.25, 0.3) is 0 Å². The monoisotopic (exact) mass is 169 g/mol. The predicted octanol–water partition coefficient (Wildman–Crippen LogP) is 0.968. The summed E-state index contributed by atoms with van der Waals surface area (Å²) in [5.41, 5.74) is 5.34. The number of nitrogens with two attached hydrogens (primary N) is 1. The second-order valence-electron chi connectivity index (χ2n) is 3.59. The van der Waals surface area contributed by atoms with E-state index in [1.807, 2.05) is 6.92 Å². The van der Waals surface area contributed by atoms with Crippen molar-refractivity contribution in [2.45, 2.75) is 32.2 Å². The summed E-state index contributed by atoms with van der Waals surface area (Å²) < 4.78 is 0. The fraction of sp³-hybridized carbons (Fsp3) is 0.750. The molecule has 12 heavy (non-hydrogen) atoms. The molecule has 0 atom stereocenters. The van der Waals surface area contributed by atoms with Crippen LogP contribution < -0.4 is 5.73 Å². The highest BCUT2D eigenvalue weighted by atomic mass is 16.2. The number of amides is 2. The number of aliphatic imine (C=N–C) groups is 1. The van der Waals surface area contributed by atoms with E-state index in [0.717, 1.165) is 12.8 Å². The summed E-state index contributed by atoms with van der Waals surface area (Å²) in [5, 5.41) is 0. The van der Waals surface area contributed by atoms with E-state index < -0.39 is 0 Å². The van der Waals surface area contributed by atoms with Crippen LogP contribution in [0.3, 0.4) is 0 Å². The Morgan fingerprint density at radius 3 is 2.42 bits per heavy atom. The van der Waals surface area contributed by atoms with E-state index in [1.165, 1.54) is 0 Å². The molecular weight excluding hydrogens is 154 g/mol. The third-order valence-corrected chi connectivity index (χ3v) is 2.34. The summed E-state index contributed by atoms with van der Waals surface area (Å²) in [6.07, 6.45) is 2.13. The normalized spacial score (nSPS) is 20.4. The third kappa shape index (κ3) is 1.75. The molecule has 1 fully saturated rings. The molecule has 1 rings (SSSR count). The van der Waals surface area contributed by atoms with Gasteiger partial charge in [0.15, 0.2) is 0 Å². The van der Waals surface area contributed by atoms with Crippen molar-refractivity contribution < 1.29 is 4.79 Å². The highest BCUT2D eigenvalue weighted by Gasteiger charge is 2.43. The zero-order valence-corrected chi connectivity index (χ0v) is 7.79. The zero-order valence-electron chi connectivity index (χ0n) is 7.79. The van der Waals surface area contributed by atoms with Crippen molar-refractivity contribution >= 4 is 11.9 Å². The molecule has 1 saturated carbocycles. The van der Waals surface area contributed by atoms with Gasteiger partial charge in [-0.25, -0.2) is 4.79 Å². The zero-order chi connectivity index (χ0) is 9.35. The average molecular weight is 169 g/mol. The van der Waals surface area contributed by atoms with Gasteiger partial charge in [-0.3, -0.25) is 0 Å². The number of amidine groups is 1. The maximum absolute atomic E-state index is 11.3. The molecule has 0 aliphatic heterocycles. The van der Waals surface area contributed by atoms with Crippen molar-refractivity contribution in [2.24, 2.45) is 10.7 Å². The largest absolute Gasteiger partial charge is 0.387 e. The van der Waals surface area contributed by atoms with E-state index >= 15 is 0 Å². The Morgan fingerprint density at radius 2 is 2.08 bits per heavy atom. The Hall–Kier alpha value is -1.06. The van der Waals surface area contributed by atoms with Crippen LogP contribution in [0.2, 0.25) is 0 Å². The summed E-state index contributed by atoms with van der Waals surface area (Å²) in [5.74, 6) is 0.316. The summed E-state index contributed by atoms with van der Waals surface area (Å²) >= 11 is 0. The lowest BCUT2D eigenvalue weighted by Gasteiger charge is -2.21. The first kappa shape index (κ1) is 9.03. The Kier molecular flexibility index (Phi) is 2.08. The van der Waals surface area contributed by atoms with Crippen LogP contribution in [0.15, 0.2) is 4.99 Å². The minimum atomic E-state index is -0.241. The molecule has 1 aliphatic carbocycles. The number of urea groups is 1. The molecule has 0 saturated heterocycles. The Labute approximate surface area is 72.4 Å². The van der Waals surface area contributed by atoms with Gasteiger partial charge in [-0.1, -0.05) is 0 Å². The van der Waals surface area contributed by atoms with Crippen LogP contribution in [0, 0.1) is 0 Å². The molecule has 0 radical (unpaired) electrons. The van der Waals surface area contributed by atoms with Crippen molar-refractivity contribution in [3.63, 3.8) is 0 Å². The first-order valence-corrected chi connectivity index (χ1v) is 4.04. The second-order valence-corrected chi connectivity index (χ2v) is 3.59. The van der Waals surface area contributed by atoms with Gasteiger partial charge in [0.1, 0.15) is 5.84 Å². The summed E-state index contributed by atoms with van der Waals surface area (Å²) in [4.78, 5) is 16.6. The van der Waals surface area contributed by atoms with Crippen LogP contribution in [0.4, 0.5) is 4.79 Å². The molecule has 4 heteroatoms. The quantitative estimate of drug-likeness (QED) is 0.469. The van der Waals surface area contributed by atoms with Crippen LogP contribution >= 0.6 is 0 Å². The van der Waals surface area contributed by atoms with Gasteiger partial charge in [0.2, 0.25) is 0 Å². The van der Waals surface area contributed by atoms with Crippen LogP contribution in [0.1, 0.15) is 26.7 Å². The first-order chi connectivity index (χ1) is 5.46. The topological polar surface area (TPSA) is 58.7 Å². The van der Waals surface area contributed by atoms with E-state index in [1.54, 1.807) is 18.9 Å². The van der Waals surface area contributed by atoms with Gasteiger partial charge in [0.05, 0.1) is 0 Å². The molecule has 0 spiro atoms. The van der Waals surface area contributed by atoms with Crippen LogP contribution in [-0.4, -0.2) is 29.4 Å². The van der Waals surface area contributed by atoms with Crippen LogP contribution in [-0.2, 0) is 0 Å². The molecule has 0 aromatic rings. The smallest absolute Gasteiger partial charge is 0.345 e. The van der Waals surface area contributed by atoms with Crippen molar-refractivity contribution in [1.29, 1.82) is 0 Å². The minimum absolute atomic E-state index is 0.0377. The van der Waals surface area contributed by atoms with Gasteiger partial charge >= 0.3 is 6.03 Å². The average Bonchev–Trinajstić information content (AvgIpc) is 2.66. The summed E-state index contributed by atoms with van der Waals surface area (Å²) in [6, 6.07) is -0.241. The van der Waals surface area contributed by atoms with Crippen molar-refractivity contribution in [3.05, 3.63) is 0 Å². The number of hydrogen-bond donors (Lipinski definition) is 1. The lowest BCUT2D eigenvalue weighted by atomic mass is 10.3. The molecule has 0 aromatic heterocycles. The van der Waals surface area contributed by atoms with E-state index in [2.05, 4.69) is 4.99 Å². The second kappa shape index (κ2) is 2.77. The lowest BCUT2D eigenvalue weighted by Crippen LogP contribution is -2.35. The van der Waals surface area contributed by atoms with E-state index in [0.29, 0.717) is 5.84 Å². The van der Waals surface area contributed by atoms with Crippen molar-refractivity contribution in [3.8, 4) is 0 Å². The lowest BCUT2D eigenvalue weighted by molar-refractivity contribution is 0.199. The van der Waals surface area contributed by atoms with Gasteiger partial charge in [-0.2, -0.15) is 4.99 Å². The molecule has 68 valence electrons. The molecule has 0 unspecified atom stereocenters. The SMILES string of the molecule is C/C(N)=N\C(=O)N(C)C1(C)CC1. The Morgan fingerprint density at radius 1 is 1.58 bits per heavy atom. The molecule has 2 amide bonds. The highest BCUT2D eigenvalue weighted by Crippen LogP contribution is 2.40. The number of carbonyl (C=O) groups excluding carboxylic acids is 1. The van der Waals surface area contributed by atoms with Crippen LogP contribution in [0.25, 0.3) is 0 Å². The Balaban J connectivity index is 2.59. The van der Waals surface area contributed by atoms with Gasteiger partial charge in [-0.05, 0) is 26.7 Å². The van der Waals surface area contributed by atoms with E-state index in [4.69, 9.17) is 5.73 Å². The van der Waals surface area contributed by atoms with Gasteiger partial charge in [0, 0.05) is 12.6 Å². The molecular formula is C8H15N3O. The predicted molar refractivity (Wildman–Crippen MR) is 48.1 cm³/mol. The first-order valence-electron chi connectivity index (χ1n) is 4.04. The summed E-state index contributed by atoms with van der Waals surface area (Å²) in [6.45, 7) is 3.66. The van der Waals surface area contributed by atoms with Gasteiger partial charge in [-0.15, -0.1) is 0 Å². The molecule has 4 nitrogen and oxygen atoms in total. The van der Waals surface area contributed by atoms with Crippen molar-refractivity contribution in [1.82, 2.24) is 4.90 Å². The number of hydrogen-bond acceptors (Lipinski definition) is 1. The number of rotatable bonds is 1. The minimum Gasteiger partial charge on any atom is -0.387 e. The molecule has 0 aromatic carbocycles. The number of carbonyl (C=O) groups is 1. The maximum atomic E-state index is 11.3. The highest BCUT2D eigenvalue weighted by molar-refractivity contribution is 5.91. The molecule has 0 heterocycles. The van der Waals surface area contributed by atoms with E-state index in [-0.39, 0.29) is 11.6 Å². The summed E-state index contributed by atoms with van der Waals surface area (Å²) in [7, 11) is 1.77. The van der Waals surface area contributed by atoms with Crippen LogP contribution in [0.5, 0.6) is 0 Å². The molecule has 1 aliphatic rings. The molecule has 0 bridgehead atoms. The van der Waals surface area contributed by atoms with Crippen molar-refractivity contribution in [2.75, 3.05) is 7.05 Å². The van der Waals surface area contributed by atoms with E-state index in [9.17, 15) is 4.79 Å². The number of nitrogens with zero attached hydrogens (tertiary/aromatic N) is 2. The fourth-order valence-electron chi connectivity index (χ4n) is 0.973. The van der Waals surface area contributed by atoms with Gasteiger partial charge < -0.3 is 10.6 Å². The Bertz CT molecular complexity index is 226. The molecule has 2 N–H and O–H groups in total. The third-order valence-electron chi connectivity index (χ3n) is 2.34. The maximum Gasteiger partial charge on any atom is 0.345 e. The standard InChI is InChI=1S/C8H15N3O/c1-6(9)10-7(12)11(3)8(2)4-5-8/h4-5H2,1-3H3,(H2,9,10,12). The fourth-order valence-corrected chi connectivity index (χ4v) is 0.973.